The average molecular weight is 279 g/mol. The molecule has 1 fully saturated rings. The van der Waals surface area contributed by atoms with Crippen LogP contribution in [0.3, 0.4) is 0 Å². The fourth-order valence-corrected chi connectivity index (χ4v) is 3.27. The van der Waals surface area contributed by atoms with E-state index in [-0.39, 0.29) is 5.54 Å². The minimum Gasteiger partial charge on any atom is -0.300 e. The van der Waals surface area contributed by atoms with Crippen LogP contribution in [0.15, 0.2) is 0 Å². The highest BCUT2D eigenvalue weighted by Gasteiger charge is 2.25. The summed E-state index contributed by atoms with van der Waals surface area (Å²) in [6.07, 6.45) is 8.46. The monoisotopic (exact) mass is 279 g/mol. The molecule has 0 aromatic rings. The molecule has 0 spiro atoms. The third-order valence-corrected chi connectivity index (χ3v) is 4.73. The molecular weight excluding hydrogens is 246 g/mol. The molecule has 1 rings (SSSR count). The molecule has 0 amide bonds. The first-order chi connectivity index (χ1) is 9.52. The van der Waals surface area contributed by atoms with Crippen molar-refractivity contribution in [1.82, 2.24) is 10.2 Å². The smallest absolute Gasteiger partial charge is 0.103 e. The average Bonchev–Trinajstić information content (AvgIpc) is 2.44. The second kappa shape index (κ2) is 8.64. The molecule has 1 aliphatic heterocycles. The van der Waals surface area contributed by atoms with Crippen molar-refractivity contribution in [2.75, 3.05) is 13.1 Å². The number of nitrogens with zero attached hydrogens (tertiary/aromatic N) is 2. The predicted octanol–water partition coefficient (Wildman–Crippen LogP) is 3.70. The third kappa shape index (κ3) is 5.42. The summed E-state index contributed by atoms with van der Waals surface area (Å²) in [6, 6.07) is 3.92. The quantitative estimate of drug-likeness (QED) is 0.689. The van der Waals surface area contributed by atoms with Crippen LogP contribution >= 0.6 is 0 Å². The van der Waals surface area contributed by atoms with Gasteiger partial charge in [-0.15, -0.1) is 0 Å². The Hall–Kier alpha value is -0.590. The maximum atomic E-state index is 9.32. The molecular formula is C17H33N3. The van der Waals surface area contributed by atoms with Gasteiger partial charge in [-0.1, -0.05) is 13.3 Å². The molecule has 1 aliphatic rings. The highest BCUT2D eigenvalue weighted by molar-refractivity contribution is 5.03. The van der Waals surface area contributed by atoms with E-state index in [2.05, 4.69) is 37.1 Å². The van der Waals surface area contributed by atoms with E-state index in [4.69, 9.17) is 0 Å². The van der Waals surface area contributed by atoms with Crippen LogP contribution in [0.4, 0.5) is 0 Å². The van der Waals surface area contributed by atoms with Crippen LogP contribution in [0.1, 0.15) is 72.6 Å². The van der Waals surface area contributed by atoms with Crippen molar-refractivity contribution in [2.24, 2.45) is 0 Å². The first-order valence-electron chi connectivity index (χ1n) is 8.44. The first-order valence-corrected chi connectivity index (χ1v) is 8.44. The van der Waals surface area contributed by atoms with E-state index >= 15 is 0 Å². The molecule has 20 heavy (non-hydrogen) atoms. The van der Waals surface area contributed by atoms with Gasteiger partial charge in [0.1, 0.15) is 5.54 Å². The van der Waals surface area contributed by atoms with Gasteiger partial charge < -0.3 is 0 Å². The van der Waals surface area contributed by atoms with Gasteiger partial charge >= 0.3 is 0 Å². The molecule has 0 radical (unpaired) electrons. The van der Waals surface area contributed by atoms with Crippen molar-refractivity contribution in [3.8, 4) is 6.07 Å². The normalized spacial score (nSPS) is 26.9. The zero-order valence-corrected chi connectivity index (χ0v) is 13.9. The summed E-state index contributed by atoms with van der Waals surface area (Å²) in [4.78, 5) is 2.66. The van der Waals surface area contributed by atoms with Crippen molar-refractivity contribution in [2.45, 2.75) is 90.3 Å². The van der Waals surface area contributed by atoms with Gasteiger partial charge in [0, 0.05) is 12.1 Å². The fourth-order valence-electron chi connectivity index (χ4n) is 3.27. The van der Waals surface area contributed by atoms with Crippen LogP contribution in [0.2, 0.25) is 0 Å². The number of likely N-dealkylation sites (tertiary alicyclic amines) is 1. The minimum atomic E-state index is -0.338. The minimum absolute atomic E-state index is 0.338. The lowest BCUT2D eigenvalue weighted by molar-refractivity contribution is 0.101. The van der Waals surface area contributed by atoms with Crippen LogP contribution < -0.4 is 5.32 Å². The molecule has 3 atom stereocenters. The van der Waals surface area contributed by atoms with Gasteiger partial charge in [0.25, 0.3) is 0 Å². The van der Waals surface area contributed by atoms with E-state index in [0.717, 1.165) is 37.9 Å². The lowest BCUT2D eigenvalue weighted by Crippen LogP contribution is -2.44. The summed E-state index contributed by atoms with van der Waals surface area (Å²) in [6.45, 7) is 11.0. The van der Waals surface area contributed by atoms with Crippen molar-refractivity contribution >= 4 is 0 Å². The topological polar surface area (TPSA) is 39.1 Å². The van der Waals surface area contributed by atoms with Crippen LogP contribution in [0.25, 0.3) is 0 Å². The maximum absolute atomic E-state index is 9.32. The Labute approximate surface area is 125 Å². The van der Waals surface area contributed by atoms with Gasteiger partial charge in [0.15, 0.2) is 0 Å². The van der Waals surface area contributed by atoms with E-state index in [9.17, 15) is 5.26 Å². The highest BCUT2D eigenvalue weighted by Crippen LogP contribution is 2.23. The van der Waals surface area contributed by atoms with Gasteiger partial charge in [-0.2, -0.15) is 5.26 Å². The Bertz CT molecular complexity index is 300. The second-order valence-electron chi connectivity index (χ2n) is 6.69. The van der Waals surface area contributed by atoms with Crippen molar-refractivity contribution in [1.29, 1.82) is 5.26 Å². The predicted molar refractivity (Wildman–Crippen MR) is 85.6 cm³/mol. The van der Waals surface area contributed by atoms with Gasteiger partial charge in [0.2, 0.25) is 0 Å². The molecule has 0 bridgehead atoms. The van der Waals surface area contributed by atoms with E-state index in [1.165, 1.54) is 32.2 Å². The van der Waals surface area contributed by atoms with Gasteiger partial charge in [0.05, 0.1) is 6.07 Å². The molecule has 1 heterocycles. The molecule has 116 valence electrons. The fraction of sp³-hybridized carbons (Fsp3) is 0.941. The van der Waals surface area contributed by atoms with Gasteiger partial charge in [-0.3, -0.25) is 10.2 Å². The van der Waals surface area contributed by atoms with Gasteiger partial charge in [-0.25, -0.2) is 0 Å². The summed E-state index contributed by atoms with van der Waals surface area (Å²) in [7, 11) is 0. The number of hydrogen-bond acceptors (Lipinski definition) is 3. The Morgan fingerprint density at radius 2 is 1.90 bits per heavy atom. The summed E-state index contributed by atoms with van der Waals surface area (Å²) >= 11 is 0. The zero-order chi connectivity index (χ0) is 15.0. The van der Waals surface area contributed by atoms with Crippen molar-refractivity contribution in [3.63, 3.8) is 0 Å². The Balaban J connectivity index is 2.28. The Morgan fingerprint density at radius 3 is 2.45 bits per heavy atom. The van der Waals surface area contributed by atoms with Crippen molar-refractivity contribution in [3.05, 3.63) is 0 Å². The van der Waals surface area contributed by atoms with Crippen LogP contribution in [0, 0.1) is 11.3 Å². The second-order valence-corrected chi connectivity index (χ2v) is 6.69. The largest absolute Gasteiger partial charge is 0.300 e. The summed E-state index contributed by atoms with van der Waals surface area (Å²) in [5, 5.41) is 12.7. The third-order valence-electron chi connectivity index (χ3n) is 4.73. The Kier molecular flexibility index (Phi) is 7.55. The van der Waals surface area contributed by atoms with Crippen LogP contribution in [-0.4, -0.2) is 35.6 Å². The molecule has 0 aliphatic carbocycles. The van der Waals surface area contributed by atoms with Crippen molar-refractivity contribution < 1.29 is 0 Å². The number of rotatable bonds is 8. The molecule has 3 heteroatoms. The molecule has 0 aromatic heterocycles. The summed E-state index contributed by atoms with van der Waals surface area (Å²) in [5.41, 5.74) is -0.338. The standard InChI is InChI=1S/C17H33N3/c1-5-12-19-17(4,14-18)11-6-7-13-20-15(2)9-8-10-16(20)3/h15-16,19H,5-13H2,1-4H3/t15-,16+,17?. The molecule has 1 unspecified atom stereocenters. The SMILES string of the molecule is CCCNC(C)(C#N)CCCCN1[C@H](C)CCC[C@@H]1C. The van der Waals surface area contributed by atoms with Crippen LogP contribution in [0.5, 0.6) is 0 Å². The molecule has 0 saturated carbocycles. The highest BCUT2D eigenvalue weighted by atomic mass is 15.2. The molecule has 1 saturated heterocycles. The molecule has 3 nitrogen and oxygen atoms in total. The Morgan fingerprint density at radius 1 is 1.25 bits per heavy atom. The zero-order valence-electron chi connectivity index (χ0n) is 13.9. The number of unbranched alkanes of at least 4 members (excludes halogenated alkanes) is 1. The number of hydrogen-bond donors (Lipinski definition) is 1. The molecule has 1 N–H and O–H groups in total. The summed E-state index contributed by atoms with van der Waals surface area (Å²) in [5.74, 6) is 0. The number of piperidine rings is 1. The lowest BCUT2D eigenvalue weighted by atomic mass is 9.94. The van der Waals surface area contributed by atoms with E-state index in [1.54, 1.807) is 0 Å². The lowest BCUT2D eigenvalue weighted by Gasteiger charge is -2.39. The van der Waals surface area contributed by atoms with Gasteiger partial charge in [-0.05, 0) is 72.4 Å². The van der Waals surface area contributed by atoms with E-state index in [1.807, 2.05) is 6.92 Å². The van der Waals surface area contributed by atoms with E-state index < -0.39 is 0 Å². The maximum Gasteiger partial charge on any atom is 0.103 e. The number of nitrogens with one attached hydrogen (secondary N) is 1. The number of nitriles is 1. The van der Waals surface area contributed by atoms with Crippen LogP contribution in [-0.2, 0) is 0 Å². The summed E-state index contributed by atoms with van der Waals surface area (Å²) < 4.78 is 0. The van der Waals surface area contributed by atoms with E-state index in [0.29, 0.717) is 0 Å². The molecule has 0 aromatic carbocycles. The first kappa shape index (κ1) is 17.5.